The van der Waals surface area contributed by atoms with Crippen LogP contribution in [-0.4, -0.2) is 20.3 Å². The number of carbonyl (C=O) groups is 1. The van der Waals surface area contributed by atoms with Crippen LogP contribution in [0.3, 0.4) is 0 Å². The number of nitrogens with zero attached hydrogens (tertiary/aromatic N) is 3. The molecule has 2 heterocycles. The maximum atomic E-state index is 12.3. The van der Waals surface area contributed by atoms with Gasteiger partial charge >= 0.3 is 0 Å². The number of halogens is 2. The third-order valence-electron chi connectivity index (χ3n) is 3.18. The van der Waals surface area contributed by atoms with Gasteiger partial charge in [-0.3, -0.25) is 4.79 Å². The Kier molecular flexibility index (Phi) is 4.36. The molecular formula is C16H11BrClN3O. The third-order valence-corrected chi connectivity index (χ3v) is 4.40. The average molecular weight is 377 g/mol. The molecule has 0 unspecified atom stereocenters. The van der Waals surface area contributed by atoms with Crippen molar-refractivity contribution in [3.8, 4) is 0 Å². The molecule has 0 spiro atoms. The van der Waals surface area contributed by atoms with Gasteiger partial charge in [0.05, 0.1) is 10.6 Å². The highest BCUT2D eigenvalue weighted by molar-refractivity contribution is 9.10. The van der Waals surface area contributed by atoms with E-state index < -0.39 is 0 Å². The van der Waals surface area contributed by atoms with E-state index in [4.69, 9.17) is 11.6 Å². The van der Waals surface area contributed by atoms with Crippen molar-refractivity contribution >= 4 is 33.3 Å². The lowest BCUT2D eigenvalue weighted by molar-refractivity contribution is 0.103. The Bertz CT molecular complexity index is 817. The molecule has 0 aliphatic heterocycles. The normalized spacial score (nSPS) is 10.6. The van der Waals surface area contributed by atoms with Gasteiger partial charge in [0.15, 0.2) is 5.78 Å². The standard InChI is InChI=1S/C16H11BrClN3O/c17-14-5-11(1-2-15(14)18)8-21-4-3-12(9-21)16(22)13-6-19-10-20-7-13/h1-7,9-10H,8H2. The van der Waals surface area contributed by atoms with Crippen molar-refractivity contribution in [3.63, 3.8) is 0 Å². The minimum atomic E-state index is -0.0864. The van der Waals surface area contributed by atoms with Crippen LogP contribution < -0.4 is 0 Å². The molecule has 3 aromatic rings. The summed E-state index contributed by atoms with van der Waals surface area (Å²) < 4.78 is 2.81. The SMILES string of the molecule is O=C(c1cncnc1)c1ccn(Cc2ccc(Cl)c(Br)c2)c1. The van der Waals surface area contributed by atoms with Crippen molar-refractivity contribution in [2.24, 2.45) is 0 Å². The van der Waals surface area contributed by atoms with E-state index in [2.05, 4.69) is 25.9 Å². The first-order valence-electron chi connectivity index (χ1n) is 6.53. The van der Waals surface area contributed by atoms with Gasteiger partial charge in [-0.1, -0.05) is 17.7 Å². The second-order valence-electron chi connectivity index (χ2n) is 4.78. The highest BCUT2D eigenvalue weighted by Gasteiger charge is 2.11. The largest absolute Gasteiger partial charge is 0.349 e. The van der Waals surface area contributed by atoms with E-state index in [0.29, 0.717) is 22.7 Å². The first-order chi connectivity index (χ1) is 10.6. The Hall–Kier alpha value is -1.98. The number of carbonyl (C=O) groups excluding carboxylic acids is 1. The summed E-state index contributed by atoms with van der Waals surface area (Å²) in [7, 11) is 0. The van der Waals surface area contributed by atoms with E-state index in [9.17, 15) is 4.79 Å². The van der Waals surface area contributed by atoms with Crippen molar-refractivity contribution in [3.05, 3.63) is 81.6 Å². The average Bonchev–Trinajstić information content (AvgIpc) is 2.99. The van der Waals surface area contributed by atoms with Crippen LogP contribution in [0.2, 0.25) is 5.02 Å². The summed E-state index contributed by atoms with van der Waals surface area (Å²) in [5.41, 5.74) is 2.19. The maximum Gasteiger partial charge on any atom is 0.197 e. The number of hydrogen-bond donors (Lipinski definition) is 0. The molecule has 0 atom stereocenters. The number of aromatic nitrogens is 3. The van der Waals surface area contributed by atoms with E-state index in [-0.39, 0.29) is 5.78 Å². The van der Waals surface area contributed by atoms with Gasteiger partial charge in [0.25, 0.3) is 0 Å². The predicted molar refractivity (Wildman–Crippen MR) is 88.2 cm³/mol. The van der Waals surface area contributed by atoms with Crippen LogP contribution in [0.4, 0.5) is 0 Å². The van der Waals surface area contributed by atoms with Gasteiger partial charge in [0.2, 0.25) is 0 Å². The van der Waals surface area contributed by atoms with Crippen LogP contribution in [0.25, 0.3) is 0 Å². The third kappa shape index (κ3) is 3.26. The van der Waals surface area contributed by atoms with E-state index in [1.165, 1.54) is 18.7 Å². The zero-order valence-electron chi connectivity index (χ0n) is 11.4. The highest BCUT2D eigenvalue weighted by atomic mass is 79.9. The quantitative estimate of drug-likeness (QED) is 0.647. The van der Waals surface area contributed by atoms with Crippen molar-refractivity contribution in [1.82, 2.24) is 14.5 Å². The molecule has 22 heavy (non-hydrogen) atoms. The van der Waals surface area contributed by atoms with Gasteiger partial charge in [-0.15, -0.1) is 0 Å². The molecule has 1 aromatic carbocycles. The lowest BCUT2D eigenvalue weighted by Gasteiger charge is -2.05. The fourth-order valence-electron chi connectivity index (χ4n) is 2.11. The molecule has 0 bridgehead atoms. The first kappa shape index (κ1) is 14.9. The van der Waals surface area contributed by atoms with Crippen LogP contribution in [0, 0.1) is 0 Å². The number of hydrogen-bond acceptors (Lipinski definition) is 3. The second-order valence-corrected chi connectivity index (χ2v) is 6.04. The summed E-state index contributed by atoms with van der Waals surface area (Å²) in [6, 6.07) is 7.56. The topological polar surface area (TPSA) is 47.8 Å². The number of benzene rings is 1. The van der Waals surface area contributed by atoms with Crippen LogP contribution >= 0.6 is 27.5 Å². The summed E-state index contributed by atoms with van der Waals surface area (Å²) in [6.07, 6.45) is 8.13. The molecule has 6 heteroatoms. The summed E-state index contributed by atoms with van der Waals surface area (Å²) in [4.78, 5) is 20.0. The Labute approximate surface area is 140 Å². The van der Waals surface area contributed by atoms with E-state index in [1.807, 2.05) is 35.2 Å². The molecule has 0 aliphatic rings. The summed E-state index contributed by atoms with van der Waals surface area (Å²) in [5, 5.41) is 0.677. The molecule has 2 aromatic heterocycles. The van der Waals surface area contributed by atoms with Crippen molar-refractivity contribution in [2.45, 2.75) is 6.54 Å². The molecule has 0 fully saturated rings. The van der Waals surface area contributed by atoms with Crippen LogP contribution in [0.5, 0.6) is 0 Å². The zero-order chi connectivity index (χ0) is 15.5. The minimum Gasteiger partial charge on any atom is -0.349 e. The van der Waals surface area contributed by atoms with Gasteiger partial charge in [-0.2, -0.15) is 0 Å². The predicted octanol–water partition coefficient (Wildman–Crippen LogP) is 3.97. The number of ketones is 1. The molecule has 4 nitrogen and oxygen atoms in total. The van der Waals surface area contributed by atoms with E-state index in [0.717, 1.165) is 10.0 Å². The fourth-order valence-corrected chi connectivity index (χ4v) is 2.65. The Morgan fingerprint density at radius 1 is 1.18 bits per heavy atom. The minimum absolute atomic E-state index is 0.0864. The summed E-state index contributed by atoms with van der Waals surface area (Å²) in [6.45, 7) is 0.661. The lowest BCUT2D eigenvalue weighted by Crippen LogP contribution is -2.02. The molecule has 3 rings (SSSR count). The second kappa shape index (κ2) is 6.42. The van der Waals surface area contributed by atoms with Crippen LogP contribution in [0.15, 0.2) is 59.9 Å². The molecule has 0 saturated heterocycles. The molecular weight excluding hydrogens is 366 g/mol. The van der Waals surface area contributed by atoms with Crippen molar-refractivity contribution in [1.29, 1.82) is 0 Å². The molecule has 0 aliphatic carbocycles. The monoisotopic (exact) mass is 375 g/mol. The lowest BCUT2D eigenvalue weighted by atomic mass is 10.1. The Morgan fingerprint density at radius 2 is 1.95 bits per heavy atom. The molecule has 0 saturated carbocycles. The van der Waals surface area contributed by atoms with Gasteiger partial charge in [-0.05, 0) is 39.7 Å². The van der Waals surface area contributed by atoms with Gasteiger partial charge in [-0.25, -0.2) is 9.97 Å². The molecule has 0 amide bonds. The van der Waals surface area contributed by atoms with Gasteiger partial charge < -0.3 is 4.57 Å². The maximum absolute atomic E-state index is 12.3. The van der Waals surface area contributed by atoms with Crippen LogP contribution in [0.1, 0.15) is 21.5 Å². The summed E-state index contributed by atoms with van der Waals surface area (Å²) in [5.74, 6) is -0.0864. The van der Waals surface area contributed by atoms with Gasteiger partial charge in [0, 0.05) is 41.4 Å². The highest BCUT2D eigenvalue weighted by Crippen LogP contribution is 2.23. The first-order valence-corrected chi connectivity index (χ1v) is 7.70. The van der Waals surface area contributed by atoms with E-state index in [1.54, 1.807) is 6.07 Å². The Balaban J connectivity index is 1.79. The molecule has 0 N–H and O–H groups in total. The fraction of sp³-hybridized carbons (Fsp3) is 0.0625. The van der Waals surface area contributed by atoms with E-state index >= 15 is 0 Å². The smallest absolute Gasteiger partial charge is 0.197 e. The number of rotatable bonds is 4. The zero-order valence-corrected chi connectivity index (χ0v) is 13.8. The summed E-state index contributed by atoms with van der Waals surface area (Å²) >= 11 is 9.40. The van der Waals surface area contributed by atoms with Crippen LogP contribution in [-0.2, 0) is 6.54 Å². The van der Waals surface area contributed by atoms with Crippen molar-refractivity contribution < 1.29 is 4.79 Å². The Morgan fingerprint density at radius 3 is 2.68 bits per heavy atom. The molecule has 110 valence electrons. The molecule has 0 radical (unpaired) electrons. The van der Waals surface area contributed by atoms with Gasteiger partial charge in [0.1, 0.15) is 6.33 Å². The van der Waals surface area contributed by atoms with Crippen molar-refractivity contribution in [2.75, 3.05) is 0 Å².